The van der Waals surface area contributed by atoms with Gasteiger partial charge in [-0.1, -0.05) is 50.4 Å². The van der Waals surface area contributed by atoms with Gasteiger partial charge in [-0.05, 0) is 64.4 Å². The third kappa shape index (κ3) is 5.84. The summed E-state index contributed by atoms with van der Waals surface area (Å²) in [5.41, 5.74) is 0.877. The molecule has 2 aromatic carbocycles. The molecule has 8 nitrogen and oxygen atoms in total. The summed E-state index contributed by atoms with van der Waals surface area (Å²) in [6.45, 7) is 7.29. The lowest BCUT2D eigenvalue weighted by Crippen LogP contribution is -2.41. The van der Waals surface area contributed by atoms with Crippen molar-refractivity contribution in [3.8, 4) is 11.3 Å². The van der Waals surface area contributed by atoms with Crippen molar-refractivity contribution >= 4 is 62.6 Å². The Morgan fingerprint density at radius 1 is 1.19 bits per heavy atom. The van der Waals surface area contributed by atoms with Crippen molar-refractivity contribution in [3.63, 3.8) is 0 Å². The number of aromatic nitrogens is 1. The Labute approximate surface area is 232 Å². The van der Waals surface area contributed by atoms with E-state index in [9.17, 15) is 14.4 Å². The highest BCUT2D eigenvalue weighted by Crippen LogP contribution is 2.37. The Hall–Kier alpha value is -2.88. The van der Waals surface area contributed by atoms with Crippen molar-refractivity contribution in [1.29, 1.82) is 0 Å². The average Bonchev–Trinajstić information content (AvgIpc) is 3.34. The lowest BCUT2D eigenvalue weighted by atomic mass is 10.0. The monoisotopic (exact) mass is 607 g/mol. The maximum atomic E-state index is 13.3. The molecule has 1 saturated heterocycles. The van der Waals surface area contributed by atoms with E-state index in [1.165, 1.54) is 4.90 Å². The molecule has 2 heterocycles. The number of rotatable bonds is 5. The van der Waals surface area contributed by atoms with Crippen LogP contribution >= 0.6 is 39.1 Å². The zero-order valence-corrected chi connectivity index (χ0v) is 23.6. The normalized spacial score (nSPS) is 15.7. The number of nitrogens with one attached hydrogen (secondary N) is 1. The van der Waals surface area contributed by atoms with Gasteiger partial charge in [-0.3, -0.25) is 9.59 Å². The molecule has 0 radical (unpaired) electrons. The summed E-state index contributed by atoms with van der Waals surface area (Å²) in [7, 11) is 0. The van der Waals surface area contributed by atoms with Crippen LogP contribution in [0.25, 0.3) is 11.3 Å². The van der Waals surface area contributed by atoms with Crippen molar-refractivity contribution in [1.82, 2.24) is 10.5 Å². The molecule has 1 N–H and O–H groups in total. The van der Waals surface area contributed by atoms with Gasteiger partial charge in [0, 0.05) is 22.3 Å². The molecule has 0 aliphatic carbocycles. The first kappa shape index (κ1) is 27.2. The number of ether oxygens (including phenoxy) is 1. The van der Waals surface area contributed by atoms with Crippen molar-refractivity contribution < 1.29 is 23.6 Å². The van der Waals surface area contributed by atoms with Crippen LogP contribution in [0.1, 0.15) is 53.7 Å². The van der Waals surface area contributed by atoms with Gasteiger partial charge in [-0.15, -0.1) is 0 Å². The Bertz CT molecular complexity index is 1380. The molecule has 1 aliphatic heterocycles. The number of amides is 2. The minimum atomic E-state index is -0.791. The van der Waals surface area contributed by atoms with Crippen LogP contribution in [0.5, 0.6) is 0 Å². The smallest absolute Gasteiger partial charge is 0.338 e. The Morgan fingerprint density at radius 2 is 1.86 bits per heavy atom. The van der Waals surface area contributed by atoms with E-state index in [1.54, 1.807) is 64.1 Å². The molecule has 0 saturated carbocycles. The second kappa shape index (κ2) is 10.5. The van der Waals surface area contributed by atoms with Crippen LogP contribution in [0.2, 0.25) is 10.0 Å². The van der Waals surface area contributed by atoms with Crippen molar-refractivity contribution in [2.45, 2.75) is 45.8 Å². The highest BCUT2D eigenvalue weighted by molar-refractivity contribution is 9.10. The molecule has 0 spiro atoms. The van der Waals surface area contributed by atoms with E-state index in [4.69, 9.17) is 32.5 Å². The molecule has 1 fully saturated rings. The fraction of sp³-hybridized carbons (Fsp3) is 0.308. The number of hydrogen-bond donors (Lipinski definition) is 1. The number of benzene rings is 2. The van der Waals surface area contributed by atoms with Gasteiger partial charge in [0.1, 0.15) is 28.7 Å². The number of halogens is 3. The van der Waals surface area contributed by atoms with Crippen LogP contribution < -0.4 is 10.2 Å². The van der Waals surface area contributed by atoms with Gasteiger partial charge in [-0.2, -0.15) is 0 Å². The summed E-state index contributed by atoms with van der Waals surface area (Å²) in [6, 6.07) is 9.13. The molecule has 1 atom stereocenters. The molecule has 2 amide bonds. The zero-order valence-electron chi connectivity index (χ0n) is 20.5. The maximum absolute atomic E-state index is 13.3. The molecule has 4 rings (SSSR count). The van der Waals surface area contributed by atoms with Gasteiger partial charge in [-0.25, -0.2) is 4.79 Å². The molecule has 1 aromatic heterocycles. The third-order valence-electron chi connectivity index (χ3n) is 5.63. The van der Waals surface area contributed by atoms with Crippen LogP contribution in [-0.2, 0) is 9.53 Å². The minimum Gasteiger partial charge on any atom is -0.456 e. The fourth-order valence-corrected chi connectivity index (χ4v) is 5.08. The predicted octanol–water partition coefficient (Wildman–Crippen LogP) is 6.21. The number of carbonyl (C=O) groups is 3. The zero-order chi connectivity index (χ0) is 27.1. The molecular formula is C26H24BrCl2N3O5. The molecular weight excluding hydrogens is 585 g/mol. The number of esters is 1. The number of anilines is 1. The first-order chi connectivity index (χ1) is 17.4. The van der Waals surface area contributed by atoms with Gasteiger partial charge in [0.25, 0.3) is 5.91 Å². The Kier molecular flexibility index (Phi) is 7.69. The lowest BCUT2D eigenvalue weighted by Gasteiger charge is -2.21. The summed E-state index contributed by atoms with van der Waals surface area (Å²) in [6.07, 6.45) is 0.366. The highest BCUT2D eigenvalue weighted by atomic mass is 79.9. The number of hydrogen-bond acceptors (Lipinski definition) is 6. The quantitative estimate of drug-likeness (QED) is 0.346. The van der Waals surface area contributed by atoms with E-state index < -0.39 is 23.5 Å². The van der Waals surface area contributed by atoms with E-state index in [0.717, 1.165) is 0 Å². The van der Waals surface area contributed by atoms with Crippen molar-refractivity contribution in [3.05, 3.63) is 67.8 Å². The van der Waals surface area contributed by atoms with Gasteiger partial charge in [0.15, 0.2) is 0 Å². The Morgan fingerprint density at radius 3 is 2.51 bits per heavy atom. The summed E-state index contributed by atoms with van der Waals surface area (Å²) >= 11 is 16.0. The van der Waals surface area contributed by atoms with Crippen LogP contribution in [0.4, 0.5) is 5.69 Å². The number of carbonyl (C=O) groups excluding carboxylic acids is 3. The van der Waals surface area contributed by atoms with Crippen molar-refractivity contribution in [2.24, 2.45) is 0 Å². The fourth-order valence-electron chi connectivity index (χ4n) is 4.02. The Balaban J connectivity index is 1.55. The second-order valence-corrected chi connectivity index (χ2v) is 11.3. The molecule has 37 heavy (non-hydrogen) atoms. The summed E-state index contributed by atoms with van der Waals surface area (Å²) in [5.74, 6) is -1.08. The van der Waals surface area contributed by atoms with Crippen LogP contribution in [0.15, 0.2) is 45.4 Å². The maximum Gasteiger partial charge on any atom is 0.338 e. The van der Waals surface area contributed by atoms with E-state index in [2.05, 4.69) is 26.4 Å². The largest absolute Gasteiger partial charge is 0.456 e. The van der Waals surface area contributed by atoms with Gasteiger partial charge >= 0.3 is 5.97 Å². The van der Waals surface area contributed by atoms with Crippen molar-refractivity contribution in [2.75, 3.05) is 11.4 Å². The summed E-state index contributed by atoms with van der Waals surface area (Å²) in [4.78, 5) is 40.7. The van der Waals surface area contributed by atoms with E-state index >= 15 is 0 Å². The molecule has 194 valence electrons. The van der Waals surface area contributed by atoms with Crippen LogP contribution in [0, 0.1) is 6.92 Å². The molecule has 11 heteroatoms. The number of nitrogens with zero attached hydrogens (tertiary/aromatic N) is 2. The third-order valence-corrected chi connectivity index (χ3v) is 6.72. The predicted molar refractivity (Wildman–Crippen MR) is 144 cm³/mol. The summed E-state index contributed by atoms with van der Waals surface area (Å²) in [5, 5.41) is 7.41. The molecule has 0 bridgehead atoms. The van der Waals surface area contributed by atoms with E-state index in [-0.39, 0.29) is 22.9 Å². The molecule has 1 aliphatic rings. The molecule has 3 aromatic rings. The van der Waals surface area contributed by atoms with Gasteiger partial charge < -0.3 is 19.5 Å². The van der Waals surface area contributed by atoms with Crippen LogP contribution in [0.3, 0.4) is 0 Å². The SMILES string of the molecule is Cc1onc(-c2c(Cl)cccc2Cl)c1C(=O)NC1CCN(c2cc(Br)cc(C(=O)OC(C)(C)C)c2)C1=O. The minimum absolute atomic E-state index is 0.149. The topological polar surface area (TPSA) is 102 Å². The molecule has 1 unspecified atom stereocenters. The number of aryl methyl sites for hydroxylation is 1. The highest BCUT2D eigenvalue weighted by Gasteiger charge is 2.36. The second-order valence-electron chi connectivity index (χ2n) is 9.56. The average molecular weight is 609 g/mol. The van der Waals surface area contributed by atoms with E-state index in [1.807, 2.05) is 0 Å². The van der Waals surface area contributed by atoms with Crippen LogP contribution in [-0.4, -0.2) is 41.1 Å². The van der Waals surface area contributed by atoms with Gasteiger partial charge in [0.05, 0.1) is 15.6 Å². The van der Waals surface area contributed by atoms with E-state index in [0.29, 0.717) is 44.3 Å². The standard InChI is InChI=1S/C26H24BrCl2N3O5/c1-13-20(22(31-37-13)21-17(28)6-5-7-18(21)29)23(33)30-19-8-9-32(24(19)34)16-11-14(10-15(27)12-16)25(35)36-26(2,3)4/h5-7,10-12,19H,8-9H2,1-4H3,(H,30,33). The lowest BCUT2D eigenvalue weighted by molar-refractivity contribution is -0.118. The first-order valence-electron chi connectivity index (χ1n) is 11.4. The first-order valence-corrected chi connectivity index (χ1v) is 13.0. The summed E-state index contributed by atoms with van der Waals surface area (Å²) < 4.78 is 11.4. The van der Waals surface area contributed by atoms with Gasteiger partial charge in [0.2, 0.25) is 5.91 Å².